The molecule has 0 aliphatic carbocycles. The van der Waals surface area contributed by atoms with Crippen LogP contribution in [0.15, 0.2) is 72.8 Å². The molecule has 0 aliphatic heterocycles. The summed E-state index contributed by atoms with van der Waals surface area (Å²) in [6.45, 7) is 0. The van der Waals surface area contributed by atoms with E-state index in [-0.39, 0.29) is 11.1 Å². The molecule has 0 heterocycles. The van der Waals surface area contributed by atoms with Crippen molar-refractivity contribution in [3.63, 3.8) is 0 Å². The van der Waals surface area contributed by atoms with Gasteiger partial charge in [0.2, 0.25) is 0 Å². The van der Waals surface area contributed by atoms with Crippen LogP contribution in [0, 0.1) is 0 Å². The topological polar surface area (TPSA) is 123 Å². The second-order valence-electron chi connectivity index (χ2n) is 5.63. The van der Waals surface area contributed by atoms with E-state index in [0.29, 0.717) is 22.9 Å². The SMILES string of the molecule is Nc1ccc(OOC(=O)c2cccc(C(=O)OOc3ccc(N)cc3)c2)cc1. The number of nitrogens with two attached hydrogens (primary N) is 2. The highest BCUT2D eigenvalue weighted by molar-refractivity contribution is 5.94. The van der Waals surface area contributed by atoms with Crippen molar-refractivity contribution in [2.75, 3.05) is 11.5 Å². The first kappa shape index (κ1) is 18.6. The number of benzene rings is 3. The first-order valence-corrected chi connectivity index (χ1v) is 8.10. The summed E-state index contributed by atoms with van der Waals surface area (Å²) in [7, 11) is 0. The van der Waals surface area contributed by atoms with Crippen molar-refractivity contribution >= 4 is 23.3 Å². The minimum atomic E-state index is -0.786. The Morgan fingerprint density at radius 3 is 1.39 bits per heavy atom. The fraction of sp³-hybridized carbons (Fsp3) is 0. The largest absolute Gasteiger partial charge is 0.399 e. The molecule has 0 atom stereocenters. The molecule has 0 aromatic heterocycles. The Bertz CT molecular complexity index is 894. The van der Waals surface area contributed by atoms with Gasteiger partial charge in [0.05, 0.1) is 11.1 Å². The normalized spacial score (nSPS) is 10.0. The predicted octanol–water partition coefficient (Wildman–Crippen LogP) is 3.15. The summed E-state index contributed by atoms with van der Waals surface area (Å²) < 4.78 is 0. The molecule has 0 unspecified atom stereocenters. The van der Waals surface area contributed by atoms with Crippen LogP contribution in [-0.2, 0) is 9.78 Å². The summed E-state index contributed by atoms with van der Waals surface area (Å²) in [5.74, 6) is -0.970. The second-order valence-corrected chi connectivity index (χ2v) is 5.63. The van der Waals surface area contributed by atoms with Crippen molar-refractivity contribution in [2.45, 2.75) is 0 Å². The number of anilines is 2. The van der Waals surface area contributed by atoms with Crippen molar-refractivity contribution in [3.05, 3.63) is 83.9 Å². The third-order valence-corrected chi connectivity index (χ3v) is 3.52. The maximum Gasteiger partial charge on any atom is 0.386 e. The molecule has 142 valence electrons. The molecule has 0 fully saturated rings. The first-order valence-electron chi connectivity index (χ1n) is 8.10. The molecule has 28 heavy (non-hydrogen) atoms. The van der Waals surface area contributed by atoms with Crippen LogP contribution in [-0.4, -0.2) is 11.9 Å². The van der Waals surface area contributed by atoms with Crippen LogP contribution < -0.4 is 21.2 Å². The number of nitrogen functional groups attached to an aromatic ring is 2. The Morgan fingerprint density at radius 2 is 1.00 bits per heavy atom. The third-order valence-electron chi connectivity index (χ3n) is 3.52. The van der Waals surface area contributed by atoms with Gasteiger partial charge in [0.15, 0.2) is 11.5 Å². The molecule has 8 heteroatoms. The summed E-state index contributed by atoms with van der Waals surface area (Å²) in [5, 5.41) is 0. The molecule has 0 amide bonds. The number of carbonyl (C=O) groups excluding carboxylic acids is 2. The van der Waals surface area contributed by atoms with E-state index in [4.69, 9.17) is 31.0 Å². The van der Waals surface area contributed by atoms with Gasteiger partial charge in [0, 0.05) is 11.4 Å². The zero-order chi connectivity index (χ0) is 19.9. The molecule has 0 aliphatic rings. The summed E-state index contributed by atoms with van der Waals surface area (Å²) in [4.78, 5) is 43.6. The Kier molecular flexibility index (Phi) is 5.61. The molecule has 0 spiro atoms. The average Bonchev–Trinajstić information content (AvgIpc) is 2.72. The zero-order valence-corrected chi connectivity index (χ0v) is 14.5. The monoisotopic (exact) mass is 380 g/mol. The predicted molar refractivity (Wildman–Crippen MR) is 100 cm³/mol. The lowest BCUT2D eigenvalue weighted by molar-refractivity contribution is -0.150. The zero-order valence-electron chi connectivity index (χ0n) is 14.5. The van der Waals surface area contributed by atoms with Crippen LogP contribution in [0.5, 0.6) is 11.5 Å². The Balaban J connectivity index is 1.58. The van der Waals surface area contributed by atoms with Gasteiger partial charge in [-0.2, -0.15) is 0 Å². The highest BCUT2D eigenvalue weighted by Gasteiger charge is 2.15. The molecule has 0 saturated heterocycles. The minimum Gasteiger partial charge on any atom is -0.399 e. The van der Waals surface area contributed by atoms with Crippen molar-refractivity contribution < 1.29 is 29.1 Å². The molecular formula is C20H16N2O6. The van der Waals surface area contributed by atoms with E-state index in [1.807, 2.05) is 0 Å². The summed E-state index contributed by atoms with van der Waals surface area (Å²) in [5.41, 5.74) is 12.4. The van der Waals surface area contributed by atoms with Crippen molar-refractivity contribution in [1.82, 2.24) is 0 Å². The fourth-order valence-electron chi connectivity index (χ4n) is 2.09. The maximum atomic E-state index is 12.1. The quantitative estimate of drug-likeness (QED) is 0.380. The smallest absolute Gasteiger partial charge is 0.386 e. The highest BCUT2D eigenvalue weighted by Crippen LogP contribution is 2.16. The Morgan fingerprint density at radius 1 is 0.607 bits per heavy atom. The van der Waals surface area contributed by atoms with E-state index < -0.39 is 11.9 Å². The lowest BCUT2D eigenvalue weighted by atomic mass is 10.1. The number of rotatable bonds is 6. The third kappa shape index (κ3) is 4.92. The van der Waals surface area contributed by atoms with Crippen molar-refractivity contribution in [2.24, 2.45) is 0 Å². The van der Waals surface area contributed by atoms with Crippen LogP contribution >= 0.6 is 0 Å². The van der Waals surface area contributed by atoms with Crippen molar-refractivity contribution in [1.29, 1.82) is 0 Å². The van der Waals surface area contributed by atoms with Gasteiger partial charge in [-0.3, -0.25) is 9.78 Å². The molecule has 3 rings (SSSR count). The van der Waals surface area contributed by atoms with Gasteiger partial charge in [0.25, 0.3) is 0 Å². The van der Waals surface area contributed by atoms with Crippen LogP contribution in [0.1, 0.15) is 20.7 Å². The van der Waals surface area contributed by atoms with E-state index >= 15 is 0 Å². The van der Waals surface area contributed by atoms with Crippen LogP contribution in [0.3, 0.4) is 0 Å². The fourth-order valence-corrected chi connectivity index (χ4v) is 2.09. The lowest BCUT2D eigenvalue weighted by Gasteiger charge is -2.07. The van der Waals surface area contributed by atoms with Gasteiger partial charge in [-0.25, -0.2) is 19.4 Å². The van der Waals surface area contributed by atoms with E-state index in [0.717, 1.165) is 0 Å². The molecule has 3 aromatic carbocycles. The Labute approximate surface area is 160 Å². The summed E-state index contributed by atoms with van der Waals surface area (Å²) >= 11 is 0. The van der Waals surface area contributed by atoms with E-state index in [2.05, 4.69) is 0 Å². The van der Waals surface area contributed by atoms with Crippen LogP contribution in [0.4, 0.5) is 11.4 Å². The molecule has 0 bridgehead atoms. The minimum absolute atomic E-state index is 0.0948. The standard InChI is InChI=1S/C20H16N2O6/c21-15-4-8-17(9-5-15)25-27-19(23)13-2-1-3-14(12-13)20(24)28-26-18-10-6-16(22)7-11-18/h1-12H,21-22H2. The summed E-state index contributed by atoms with van der Waals surface area (Å²) in [6, 6.07) is 18.3. The number of hydrogen-bond acceptors (Lipinski definition) is 8. The Hall–Kier alpha value is -4.20. The highest BCUT2D eigenvalue weighted by atomic mass is 17.2. The van der Waals surface area contributed by atoms with Gasteiger partial charge in [-0.15, -0.1) is 0 Å². The molecule has 0 saturated carbocycles. The van der Waals surface area contributed by atoms with E-state index in [1.54, 1.807) is 48.5 Å². The first-order chi connectivity index (χ1) is 13.5. The number of carbonyl (C=O) groups is 2. The molecular weight excluding hydrogens is 364 g/mol. The van der Waals surface area contributed by atoms with E-state index in [1.165, 1.54) is 24.3 Å². The van der Waals surface area contributed by atoms with Gasteiger partial charge in [-0.1, -0.05) is 6.07 Å². The molecule has 0 radical (unpaired) electrons. The van der Waals surface area contributed by atoms with Crippen molar-refractivity contribution in [3.8, 4) is 11.5 Å². The van der Waals surface area contributed by atoms with Crippen LogP contribution in [0.25, 0.3) is 0 Å². The van der Waals surface area contributed by atoms with E-state index in [9.17, 15) is 9.59 Å². The number of hydrogen-bond donors (Lipinski definition) is 2. The van der Waals surface area contributed by atoms with Gasteiger partial charge in [-0.05, 0) is 66.7 Å². The summed E-state index contributed by atoms with van der Waals surface area (Å²) in [6.07, 6.45) is 0. The molecule has 4 N–H and O–H groups in total. The maximum absolute atomic E-state index is 12.1. The molecule has 3 aromatic rings. The van der Waals surface area contributed by atoms with Gasteiger partial charge < -0.3 is 11.5 Å². The van der Waals surface area contributed by atoms with Gasteiger partial charge >= 0.3 is 11.9 Å². The van der Waals surface area contributed by atoms with Gasteiger partial charge in [0.1, 0.15) is 0 Å². The van der Waals surface area contributed by atoms with Crippen LogP contribution in [0.2, 0.25) is 0 Å². The molecule has 8 nitrogen and oxygen atoms in total. The second kappa shape index (κ2) is 8.45. The average molecular weight is 380 g/mol. The lowest BCUT2D eigenvalue weighted by Crippen LogP contribution is -2.12.